The summed E-state index contributed by atoms with van der Waals surface area (Å²) in [5.41, 5.74) is -0.0623. The molecule has 1 aromatic heterocycles. The van der Waals surface area contributed by atoms with Crippen LogP contribution >= 0.6 is 23.1 Å². The van der Waals surface area contributed by atoms with Gasteiger partial charge in [0.25, 0.3) is 0 Å². The monoisotopic (exact) mass is 328 g/mol. The normalized spacial score (nSPS) is 14.8. The third-order valence-electron chi connectivity index (χ3n) is 2.61. The molecule has 1 saturated carbocycles. The van der Waals surface area contributed by atoms with Crippen molar-refractivity contribution >= 4 is 40.0 Å². The topological polar surface area (TPSA) is 84.0 Å². The zero-order valence-electron chi connectivity index (χ0n) is 12.4. The summed E-state index contributed by atoms with van der Waals surface area (Å²) in [4.78, 5) is 23.4. The van der Waals surface area contributed by atoms with Crippen LogP contribution in [0.2, 0.25) is 0 Å². The number of anilines is 1. The highest BCUT2D eigenvalue weighted by molar-refractivity contribution is 8.01. The minimum absolute atomic E-state index is 0.0241. The lowest BCUT2D eigenvalue weighted by atomic mass is 9.92. The molecule has 0 aromatic carbocycles. The van der Waals surface area contributed by atoms with Crippen molar-refractivity contribution < 1.29 is 9.59 Å². The predicted octanol–water partition coefficient (Wildman–Crippen LogP) is 2.28. The van der Waals surface area contributed by atoms with Crippen molar-refractivity contribution in [3.8, 4) is 0 Å². The van der Waals surface area contributed by atoms with Crippen LogP contribution in [-0.2, 0) is 9.59 Å². The number of amides is 2. The summed E-state index contributed by atoms with van der Waals surface area (Å²) in [5, 5.41) is 14.0. The van der Waals surface area contributed by atoms with E-state index in [1.165, 1.54) is 23.1 Å². The molecule has 8 heteroatoms. The lowest BCUT2D eigenvalue weighted by Gasteiger charge is -2.16. The average Bonchev–Trinajstić information content (AvgIpc) is 3.03. The predicted molar refractivity (Wildman–Crippen MR) is 84.5 cm³/mol. The maximum absolute atomic E-state index is 11.8. The molecule has 1 aliphatic rings. The molecule has 0 bridgehead atoms. The molecule has 1 aromatic rings. The molecular weight excluding hydrogens is 308 g/mol. The van der Waals surface area contributed by atoms with Crippen molar-refractivity contribution in [3.05, 3.63) is 0 Å². The Balaban J connectivity index is 1.75. The van der Waals surface area contributed by atoms with E-state index in [9.17, 15) is 9.59 Å². The first-order valence-electron chi connectivity index (χ1n) is 6.87. The Hall–Kier alpha value is -1.15. The molecule has 1 fully saturated rings. The van der Waals surface area contributed by atoms with Crippen LogP contribution in [-0.4, -0.2) is 33.8 Å². The highest BCUT2D eigenvalue weighted by Gasteiger charge is 2.23. The summed E-state index contributed by atoms with van der Waals surface area (Å²) < 4.78 is 0.687. The van der Waals surface area contributed by atoms with Crippen molar-refractivity contribution in [2.75, 3.05) is 11.1 Å². The van der Waals surface area contributed by atoms with E-state index in [0.717, 1.165) is 12.8 Å². The molecule has 1 aliphatic carbocycles. The highest BCUT2D eigenvalue weighted by atomic mass is 32.2. The number of nitrogens with one attached hydrogen (secondary N) is 2. The van der Waals surface area contributed by atoms with Gasteiger partial charge in [0, 0.05) is 12.5 Å². The summed E-state index contributed by atoms with van der Waals surface area (Å²) in [6.45, 7) is 6.02. The van der Waals surface area contributed by atoms with E-state index in [-0.39, 0.29) is 17.2 Å². The maximum atomic E-state index is 11.8. The summed E-state index contributed by atoms with van der Waals surface area (Å²) in [7, 11) is 0. The molecule has 0 aliphatic heterocycles. The summed E-state index contributed by atoms with van der Waals surface area (Å²) in [6, 6.07) is 0.375. The fourth-order valence-corrected chi connectivity index (χ4v) is 3.17. The van der Waals surface area contributed by atoms with Crippen LogP contribution in [0.4, 0.5) is 5.13 Å². The van der Waals surface area contributed by atoms with Crippen molar-refractivity contribution in [1.82, 2.24) is 15.5 Å². The van der Waals surface area contributed by atoms with Gasteiger partial charge in [-0.2, -0.15) is 0 Å². The quantitative estimate of drug-likeness (QED) is 0.618. The van der Waals surface area contributed by atoms with Gasteiger partial charge in [-0.3, -0.25) is 9.59 Å². The zero-order valence-corrected chi connectivity index (χ0v) is 14.1. The van der Waals surface area contributed by atoms with E-state index in [1.54, 1.807) is 0 Å². The van der Waals surface area contributed by atoms with Crippen molar-refractivity contribution in [2.24, 2.45) is 5.41 Å². The fourth-order valence-electron chi connectivity index (χ4n) is 1.59. The molecule has 0 saturated heterocycles. The number of hydrogen-bond acceptors (Lipinski definition) is 6. The van der Waals surface area contributed by atoms with Gasteiger partial charge < -0.3 is 10.6 Å². The van der Waals surface area contributed by atoms with Crippen LogP contribution in [0.25, 0.3) is 0 Å². The van der Waals surface area contributed by atoms with Crippen LogP contribution in [0.1, 0.15) is 40.0 Å². The standard InChI is InChI=1S/C13H20N4O2S2/c1-13(2,3)6-9(18)15-11-16-17-12(21-11)20-7-10(19)14-8-4-5-8/h8H,4-7H2,1-3H3,(H,14,19)(H,15,16,18). The number of thioether (sulfide) groups is 1. The Kier molecular flexibility index (Phi) is 5.21. The van der Waals surface area contributed by atoms with E-state index < -0.39 is 0 Å². The van der Waals surface area contributed by atoms with Crippen molar-refractivity contribution in [2.45, 2.75) is 50.4 Å². The Morgan fingerprint density at radius 3 is 2.62 bits per heavy atom. The third kappa shape index (κ3) is 6.43. The van der Waals surface area contributed by atoms with Gasteiger partial charge in [-0.05, 0) is 18.3 Å². The Morgan fingerprint density at radius 2 is 2.00 bits per heavy atom. The van der Waals surface area contributed by atoms with E-state index in [2.05, 4.69) is 20.8 Å². The Morgan fingerprint density at radius 1 is 1.29 bits per heavy atom. The maximum Gasteiger partial charge on any atom is 0.230 e. The molecule has 2 rings (SSSR count). The third-order valence-corrected chi connectivity index (χ3v) is 4.58. The van der Waals surface area contributed by atoms with Crippen LogP contribution in [0.15, 0.2) is 4.34 Å². The van der Waals surface area contributed by atoms with Gasteiger partial charge in [0.1, 0.15) is 0 Å². The second kappa shape index (κ2) is 6.74. The van der Waals surface area contributed by atoms with E-state index in [4.69, 9.17) is 0 Å². The second-order valence-electron chi connectivity index (χ2n) is 6.29. The minimum atomic E-state index is -0.0679. The number of hydrogen-bond donors (Lipinski definition) is 2. The summed E-state index contributed by atoms with van der Waals surface area (Å²) in [5.74, 6) is 0.291. The van der Waals surface area contributed by atoms with Crippen LogP contribution in [0.3, 0.4) is 0 Å². The van der Waals surface area contributed by atoms with Gasteiger partial charge in [-0.1, -0.05) is 43.9 Å². The molecule has 0 spiro atoms. The Labute approximate surface area is 132 Å². The van der Waals surface area contributed by atoms with E-state index in [1.807, 2.05) is 20.8 Å². The van der Waals surface area contributed by atoms with Gasteiger partial charge in [0.2, 0.25) is 16.9 Å². The molecule has 0 atom stereocenters. The lowest BCUT2D eigenvalue weighted by molar-refractivity contribution is -0.119. The molecule has 2 N–H and O–H groups in total. The largest absolute Gasteiger partial charge is 0.353 e. The van der Waals surface area contributed by atoms with Gasteiger partial charge in [-0.25, -0.2) is 0 Å². The van der Waals surface area contributed by atoms with E-state index >= 15 is 0 Å². The number of nitrogens with zero attached hydrogens (tertiary/aromatic N) is 2. The average molecular weight is 328 g/mol. The summed E-state index contributed by atoms with van der Waals surface area (Å²) in [6.07, 6.45) is 2.59. The molecule has 1 heterocycles. The van der Waals surface area contributed by atoms with Crippen LogP contribution in [0, 0.1) is 5.41 Å². The molecule has 2 amide bonds. The molecule has 0 radical (unpaired) electrons. The Bertz CT molecular complexity index is 520. The van der Waals surface area contributed by atoms with E-state index in [0.29, 0.717) is 27.7 Å². The number of carbonyl (C=O) groups is 2. The smallest absolute Gasteiger partial charge is 0.230 e. The number of rotatable bonds is 6. The van der Waals surface area contributed by atoms with Crippen molar-refractivity contribution in [3.63, 3.8) is 0 Å². The van der Waals surface area contributed by atoms with Crippen LogP contribution < -0.4 is 10.6 Å². The highest BCUT2D eigenvalue weighted by Crippen LogP contribution is 2.27. The SMILES string of the molecule is CC(C)(C)CC(=O)Nc1nnc(SCC(=O)NC2CC2)s1. The van der Waals surface area contributed by atoms with Gasteiger partial charge in [0.05, 0.1) is 5.75 Å². The molecular formula is C13H20N4O2S2. The lowest BCUT2D eigenvalue weighted by Crippen LogP contribution is -2.26. The van der Waals surface area contributed by atoms with Gasteiger partial charge in [0.15, 0.2) is 4.34 Å². The number of aromatic nitrogens is 2. The second-order valence-corrected chi connectivity index (χ2v) is 8.49. The summed E-state index contributed by atoms with van der Waals surface area (Å²) >= 11 is 2.63. The first kappa shape index (κ1) is 16.2. The van der Waals surface area contributed by atoms with Crippen molar-refractivity contribution in [1.29, 1.82) is 0 Å². The fraction of sp³-hybridized carbons (Fsp3) is 0.692. The first-order chi connectivity index (χ1) is 9.82. The van der Waals surface area contributed by atoms with Crippen LogP contribution in [0.5, 0.6) is 0 Å². The zero-order chi connectivity index (χ0) is 15.5. The number of carbonyl (C=O) groups excluding carboxylic acids is 2. The molecule has 6 nitrogen and oxygen atoms in total. The first-order valence-corrected chi connectivity index (χ1v) is 8.67. The van der Waals surface area contributed by atoms with Gasteiger partial charge in [-0.15, -0.1) is 10.2 Å². The minimum Gasteiger partial charge on any atom is -0.353 e. The molecule has 0 unspecified atom stereocenters. The molecule has 21 heavy (non-hydrogen) atoms. The molecule has 116 valence electrons. The van der Waals surface area contributed by atoms with Gasteiger partial charge >= 0.3 is 0 Å².